The Hall–Kier alpha value is -3.52. The summed E-state index contributed by atoms with van der Waals surface area (Å²) in [6, 6.07) is 10.3. The van der Waals surface area contributed by atoms with Gasteiger partial charge in [0.05, 0.1) is 30.8 Å². The van der Waals surface area contributed by atoms with E-state index in [9.17, 15) is 18.0 Å². The Morgan fingerprint density at radius 3 is 2.64 bits per heavy atom. The van der Waals surface area contributed by atoms with Crippen LogP contribution in [0, 0.1) is 0 Å². The first kappa shape index (κ1) is 22.7. The molecule has 0 unspecified atom stereocenters. The lowest BCUT2D eigenvalue weighted by atomic mass is 9.89. The van der Waals surface area contributed by atoms with Crippen molar-refractivity contribution in [3.8, 4) is 16.9 Å². The monoisotopic (exact) mass is 457 g/mol. The van der Waals surface area contributed by atoms with E-state index in [1.54, 1.807) is 18.2 Å². The summed E-state index contributed by atoms with van der Waals surface area (Å²) in [6.07, 6.45) is 1.15. The van der Waals surface area contributed by atoms with Gasteiger partial charge < -0.3 is 19.2 Å². The summed E-state index contributed by atoms with van der Waals surface area (Å²) in [5, 5.41) is 3.23. The highest BCUT2D eigenvalue weighted by Gasteiger charge is 2.34. The molecule has 1 aliphatic heterocycles. The normalized spacial score (nSPS) is 14.0. The minimum Gasteiger partial charge on any atom is -0.488 e. The summed E-state index contributed by atoms with van der Waals surface area (Å²) in [5.41, 5.74) is 3.09. The average Bonchev–Trinajstić information content (AvgIpc) is 3.37. The Balaban J connectivity index is 1.80. The third-order valence-corrected chi connectivity index (χ3v) is 5.47. The fourth-order valence-electron chi connectivity index (χ4n) is 3.85. The minimum absolute atomic E-state index is 0.112. The van der Waals surface area contributed by atoms with Crippen LogP contribution >= 0.6 is 0 Å². The molecule has 5 nitrogen and oxygen atoms in total. The van der Waals surface area contributed by atoms with Crippen LogP contribution in [0.1, 0.15) is 33.5 Å². The van der Waals surface area contributed by atoms with Gasteiger partial charge in [0, 0.05) is 12.1 Å². The molecule has 1 aliphatic rings. The van der Waals surface area contributed by atoms with Gasteiger partial charge in [0.2, 0.25) is 0 Å². The van der Waals surface area contributed by atoms with Crippen LogP contribution < -0.4 is 10.1 Å². The van der Waals surface area contributed by atoms with Crippen LogP contribution in [0.5, 0.6) is 5.75 Å². The third-order valence-electron chi connectivity index (χ3n) is 5.47. The Labute approximate surface area is 188 Å². The molecule has 0 atom stereocenters. The topological polar surface area (TPSA) is 60.7 Å². The van der Waals surface area contributed by atoms with Gasteiger partial charge in [-0.2, -0.15) is 13.2 Å². The Morgan fingerprint density at radius 1 is 1.15 bits per heavy atom. The molecule has 2 aromatic carbocycles. The number of hydrogen-bond acceptors (Lipinski definition) is 5. The van der Waals surface area contributed by atoms with Gasteiger partial charge in [-0.25, -0.2) is 4.79 Å². The quantitative estimate of drug-likeness (QED) is 0.481. The zero-order valence-electron chi connectivity index (χ0n) is 17.9. The number of halogens is 3. The van der Waals surface area contributed by atoms with Crippen molar-refractivity contribution in [1.82, 2.24) is 5.32 Å². The predicted octanol–water partition coefficient (Wildman–Crippen LogP) is 5.71. The Bertz CT molecular complexity index is 1170. The van der Waals surface area contributed by atoms with E-state index in [0.717, 1.165) is 23.7 Å². The third kappa shape index (κ3) is 4.96. The summed E-state index contributed by atoms with van der Waals surface area (Å²) < 4.78 is 56.1. The van der Waals surface area contributed by atoms with Gasteiger partial charge in [-0.1, -0.05) is 18.2 Å². The second kappa shape index (κ2) is 9.54. The van der Waals surface area contributed by atoms with Gasteiger partial charge in [-0.15, -0.1) is 0 Å². The molecule has 8 heteroatoms. The van der Waals surface area contributed by atoms with Gasteiger partial charge in [0.25, 0.3) is 0 Å². The molecule has 3 aromatic rings. The molecule has 1 N–H and O–H groups in total. The van der Waals surface area contributed by atoms with Gasteiger partial charge in [0.1, 0.15) is 12.4 Å². The Morgan fingerprint density at radius 2 is 1.97 bits per heavy atom. The van der Waals surface area contributed by atoms with Crippen molar-refractivity contribution >= 4 is 11.5 Å². The maximum absolute atomic E-state index is 13.4. The molecule has 33 heavy (non-hydrogen) atoms. The average molecular weight is 457 g/mol. The van der Waals surface area contributed by atoms with Crippen molar-refractivity contribution < 1.29 is 31.9 Å². The molecular formula is C25H22F3NO4. The fraction of sp³-hybridized carbons (Fsp3) is 0.240. The van der Waals surface area contributed by atoms with Gasteiger partial charge in [-0.3, -0.25) is 0 Å². The van der Waals surface area contributed by atoms with Crippen LogP contribution in [0.4, 0.5) is 13.2 Å². The lowest BCUT2D eigenvalue weighted by Gasteiger charge is -2.21. The van der Waals surface area contributed by atoms with Crippen LogP contribution in [0.3, 0.4) is 0 Å². The first-order valence-electron chi connectivity index (χ1n) is 10.4. The van der Waals surface area contributed by atoms with E-state index in [2.05, 4.69) is 5.32 Å². The highest BCUT2D eigenvalue weighted by Crippen LogP contribution is 2.37. The predicted molar refractivity (Wildman–Crippen MR) is 117 cm³/mol. The molecule has 0 radical (unpaired) electrons. The first-order chi connectivity index (χ1) is 15.9. The van der Waals surface area contributed by atoms with Crippen molar-refractivity contribution in [3.63, 3.8) is 0 Å². The van der Waals surface area contributed by atoms with Crippen LogP contribution in [0.2, 0.25) is 0 Å². The number of rotatable bonds is 6. The summed E-state index contributed by atoms with van der Waals surface area (Å²) >= 11 is 0. The number of furan rings is 1. The molecule has 0 saturated carbocycles. The second-order valence-corrected chi connectivity index (χ2v) is 7.52. The summed E-state index contributed by atoms with van der Waals surface area (Å²) in [5.74, 6) is -0.769. The second-order valence-electron chi connectivity index (χ2n) is 7.52. The highest BCUT2D eigenvalue weighted by molar-refractivity contribution is 5.98. The lowest BCUT2D eigenvalue weighted by Crippen LogP contribution is -2.21. The zero-order valence-corrected chi connectivity index (χ0v) is 17.9. The highest BCUT2D eigenvalue weighted by atomic mass is 19.4. The van der Waals surface area contributed by atoms with Gasteiger partial charge >= 0.3 is 12.1 Å². The van der Waals surface area contributed by atoms with Crippen LogP contribution in [0.25, 0.3) is 16.7 Å². The molecule has 0 amide bonds. The van der Waals surface area contributed by atoms with E-state index in [0.29, 0.717) is 35.2 Å². The zero-order chi connectivity index (χ0) is 23.4. The van der Waals surface area contributed by atoms with Gasteiger partial charge in [0.15, 0.2) is 0 Å². The number of nitrogens with one attached hydrogen (secondary N) is 1. The number of benzene rings is 2. The number of hydrogen-bond donors (Lipinski definition) is 1. The minimum atomic E-state index is -4.53. The number of para-hydroxylation sites is 1. The van der Waals surface area contributed by atoms with Crippen molar-refractivity contribution in [2.24, 2.45) is 0 Å². The maximum atomic E-state index is 13.4. The van der Waals surface area contributed by atoms with E-state index in [1.807, 2.05) is 6.08 Å². The molecule has 4 rings (SSSR count). The summed E-state index contributed by atoms with van der Waals surface area (Å²) in [6.45, 7) is 1.29. The van der Waals surface area contributed by atoms with Crippen LogP contribution in [-0.4, -0.2) is 26.2 Å². The summed E-state index contributed by atoms with van der Waals surface area (Å²) in [7, 11) is 1.30. The molecule has 172 valence electrons. The number of carbonyl (C=O) groups is 1. The van der Waals surface area contributed by atoms with E-state index >= 15 is 0 Å². The fourth-order valence-corrected chi connectivity index (χ4v) is 3.85. The molecule has 0 bridgehead atoms. The lowest BCUT2D eigenvalue weighted by molar-refractivity contribution is -0.139. The van der Waals surface area contributed by atoms with E-state index in [1.165, 1.54) is 37.8 Å². The van der Waals surface area contributed by atoms with Crippen LogP contribution in [0.15, 0.2) is 65.5 Å². The standard InChI is InChI=1S/C25H22F3NO4/c1-31-24(30)21-13-19(16-6-9-29-10-7-16)18(12-20(21)17-8-11-32-14-17)15-33-23-5-3-2-4-22(23)25(26,27)28/h2-6,8,11-14,29H,7,9-10,15H2,1H3. The number of esters is 1. The number of ether oxygens (including phenoxy) is 2. The molecule has 1 aromatic heterocycles. The molecule has 0 aliphatic carbocycles. The molecule has 2 heterocycles. The van der Waals surface area contributed by atoms with E-state index in [4.69, 9.17) is 13.9 Å². The molecular weight excluding hydrogens is 435 g/mol. The van der Waals surface area contributed by atoms with E-state index in [-0.39, 0.29) is 12.4 Å². The number of carbonyl (C=O) groups excluding carboxylic acids is 1. The molecule has 0 saturated heterocycles. The smallest absolute Gasteiger partial charge is 0.419 e. The molecule has 0 spiro atoms. The van der Waals surface area contributed by atoms with Crippen molar-refractivity contribution in [1.29, 1.82) is 0 Å². The molecule has 0 fully saturated rings. The van der Waals surface area contributed by atoms with Gasteiger partial charge in [-0.05, 0) is 65.6 Å². The number of alkyl halides is 3. The first-order valence-corrected chi connectivity index (χ1v) is 10.4. The van der Waals surface area contributed by atoms with Crippen molar-refractivity contribution in [3.05, 3.63) is 83.3 Å². The van der Waals surface area contributed by atoms with E-state index < -0.39 is 17.7 Å². The largest absolute Gasteiger partial charge is 0.488 e. The number of methoxy groups -OCH3 is 1. The van der Waals surface area contributed by atoms with Crippen LogP contribution in [-0.2, 0) is 17.5 Å². The van der Waals surface area contributed by atoms with Crippen molar-refractivity contribution in [2.45, 2.75) is 19.2 Å². The Kier molecular flexibility index (Phi) is 6.55. The van der Waals surface area contributed by atoms with Crippen molar-refractivity contribution in [2.75, 3.05) is 20.2 Å². The SMILES string of the molecule is COC(=O)c1cc(C2=CCNCC2)c(COc2ccccc2C(F)(F)F)cc1-c1ccoc1. The maximum Gasteiger partial charge on any atom is 0.419 e. The summed E-state index contributed by atoms with van der Waals surface area (Å²) in [4.78, 5) is 12.6.